The minimum atomic E-state index is -0.226. The molecule has 3 aromatic rings. The van der Waals surface area contributed by atoms with Crippen molar-refractivity contribution in [3.8, 4) is 0 Å². The zero-order valence-electron chi connectivity index (χ0n) is 12.3. The first-order chi connectivity index (χ1) is 11.3. The fourth-order valence-electron chi connectivity index (χ4n) is 1.91. The quantitative estimate of drug-likeness (QED) is 0.655. The van der Waals surface area contributed by atoms with Gasteiger partial charge in [0.15, 0.2) is 4.34 Å². The first-order valence-electron chi connectivity index (χ1n) is 7.14. The van der Waals surface area contributed by atoms with Crippen molar-refractivity contribution in [2.24, 2.45) is 0 Å². The van der Waals surface area contributed by atoms with Gasteiger partial charge in [0.1, 0.15) is 5.82 Å². The van der Waals surface area contributed by atoms with Crippen molar-refractivity contribution in [2.45, 2.75) is 17.3 Å². The second kappa shape index (κ2) is 8.03. The summed E-state index contributed by atoms with van der Waals surface area (Å²) in [5, 5.41) is 12.3. The smallest absolute Gasteiger partial charge is 0.206 e. The Kier molecular flexibility index (Phi) is 5.55. The molecule has 0 saturated heterocycles. The number of nitrogens with zero attached hydrogens (tertiary/aromatic N) is 3. The summed E-state index contributed by atoms with van der Waals surface area (Å²) in [6, 6.07) is 12.4. The molecule has 0 aliphatic rings. The van der Waals surface area contributed by atoms with Gasteiger partial charge in [0.25, 0.3) is 0 Å². The Hall–Kier alpha value is -1.99. The highest BCUT2D eigenvalue weighted by atomic mass is 32.2. The summed E-state index contributed by atoms with van der Waals surface area (Å²) in [5.74, 6) is 0.695. The number of benzene rings is 1. The molecule has 0 spiro atoms. The molecule has 2 aromatic heterocycles. The molecule has 1 N–H and O–H groups in total. The van der Waals surface area contributed by atoms with Crippen molar-refractivity contribution in [2.75, 3.05) is 11.1 Å². The van der Waals surface area contributed by atoms with Crippen LogP contribution in [0.1, 0.15) is 11.3 Å². The van der Waals surface area contributed by atoms with Gasteiger partial charge >= 0.3 is 0 Å². The van der Waals surface area contributed by atoms with Crippen molar-refractivity contribution in [1.82, 2.24) is 15.2 Å². The van der Waals surface area contributed by atoms with Crippen LogP contribution in [0.2, 0.25) is 0 Å². The van der Waals surface area contributed by atoms with Crippen LogP contribution in [0.25, 0.3) is 0 Å². The number of hydrogen-bond donors (Lipinski definition) is 1. The van der Waals surface area contributed by atoms with Crippen molar-refractivity contribution in [3.63, 3.8) is 0 Å². The normalized spacial score (nSPS) is 10.7. The van der Waals surface area contributed by atoms with Gasteiger partial charge in [-0.05, 0) is 36.2 Å². The SMILES string of the molecule is Fc1ccc(CNc2nnc(SCCc3ccccn3)s2)cc1. The fourth-order valence-corrected chi connectivity index (χ4v) is 3.69. The lowest BCUT2D eigenvalue weighted by Gasteiger charge is -2.01. The van der Waals surface area contributed by atoms with Gasteiger partial charge in [0.2, 0.25) is 5.13 Å². The van der Waals surface area contributed by atoms with Crippen LogP contribution in [-0.4, -0.2) is 20.9 Å². The molecule has 0 saturated carbocycles. The lowest BCUT2D eigenvalue weighted by Crippen LogP contribution is -1.98. The molecular weight excluding hydrogens is 331 g/mol. The maximum atomic E-state index is 12.8. The molecule has 4 nitrogen and oxygen atoms in total. The number of thioether (sulfide) groups is 1. The Morgan fingerprint density at radius 2 is 1.96 bits per heavy atom. The van der Waals surface area contributed by atoms with Crippen LogP contribution in [0.4, 0.5) is 9.52 Å². The van der Waals surface area contributed by atoms with Gasteiger partial charge in [0, 0.05) is 24.2 Å². The number of aromatic nitrogens is 3. The predicted molar refractivity (Wildman–Crippen MR) is 92.3 cm³/mol. The standard InChI is InChI=1S/C16H15FN4S2/c17-13-6-4-12(5-7-13)11-19-15-20-21-16(23-15)22-10-8-14-3-1-2-9-18-14/h1-7,9H,8,10-11H2,(H,19,20). The van der Waals surface area contributed by atoms with Gasteiger partial charge in [-0.2, -0.15) is 0 Å². The van der Waals surface area contributed by atoms with E-state index in [2.05, 4.69) is 20.5 Å². The van der Waals surface area contributed by atoms with Crippen molar-refractivity contribution >= 4 is 28.2 Å². The molecule has 0 amide bonds. The number of aryl methyl sites for hydroxylation is 1. The first-order valence-corrected chi connectivity index (χ1v) is 8.94. The molecule has 3 rings (SSSR count). The molecule has 0 aliphatic heterocycles. The van der Waals surface area contributed by atoms with E-state index in [1.165, 1.54) is 23.5 Å². The van der Waals surface area contributed by atoms with Crippen LogP contribution in [0, 0.1) is 5.82 Å². The summed E-state index contributed by atoms with van der Waals surface area (Å²) in [6.07, 6.45) is 2.71. The molecule has 0 bridgehead atoms. The summed E-state index contributed by atoms with van der Waals surface area (Å²) in [4.78, 5) is 4.30. The molecule has 0 radical (unpaired) electrons. The van der Waals surface area contributed by atoms with Crippen LogP contribution in [0.5, 0.6) is 0 Å². The van der Waals surface area contributed by atoms with E-state index in [1.54, 1.807) is 23.9 Å². The van der Waals surface area contributed by atoms with Crippen LogP contribution in [-0.2, 0) is 13.0 Å². The molecule has 0 aliphatic carbocycles. The van der Waals surface area contributed by atoms with E-state index in [1.807, 2.05) is 24.4 Å². The minimum Gasteiger partial charge on any atom is -0.356 e. The summed E-state index contributed by atoms with van der Waals surface area (Å²) in [5.41, 5.74) is 2.09. The van der Waals surface area contributed by atoms with Gasteiger partial charge in [-0.3, -0.25) is 4.98 Å². The van der Waals surface area contributed by atoms with E-state index in [0.717, 1.165) is 32.9 Å². The zero-order chi connectivity index (χ0) is 15.9. The average molecular weight is 346 g/mol. The third-order valence-corrected chi connectivity index (χ3v) is 5.09. The van der Waals surface area contributed by atoms with E-state index in [9.17, 15) is 4.39 Å². The monoisotopic (exact) mass is 346 g/mol. The Balaban J connectivity index is 1.45. The van der Waals surface area contributed by atoms with E-state index in [0.29, 0.717) is 6.54 Å². The summed E-state index contributed by atoms with van der Waals surface area (Å²) in [6.45, 7) is 0.605. The van der Waals surface area contributed by atoms with Gasteiger partial charge in [-0.1, -0.05) is 41.3 Å². The minimum absolute atomic E-state index is 0.226. The number of halogens is 1. The number of rotatable bonds is 7. The largest absolute Gasteiger partial charge is 0.356 e. The lowest BCUT2D eigenvalue weighted by atomic mass is 10.2. The molecule has 7 heteroatoms. The third kappa shape index (κ3) is 5.01. The van der Waals surface area contributed by atoms with Crippen LogP contribution in [0.3, 0.4) is 0 Å². The zero-order valence-corrected chi connectivity index (χ0v) is 13.9. The van der Waals surface area contributed by atoms with Crippen LogP contribution < -0.4 is 5.32 Å². The Bertz CT molecular complexity index is 731. The van der Waals surface area contributed by atoms with Crippen LogP contribution >= 0.6 is 23.1 Å². The molecule has 0 fully saturated rings. The number of hydrogen-bond acceptors (Lipinski definition) is 6. The second-order valence-electron chi connectivity index (χ2n) is 4.77. The molecule has 2 heterocycles. The topological polar surface area (TPSA) is 50.7 Å². The third-order valence-electron chi connectivity index (χ3n) is 3.07. The maximum absolute atomic E-state index is 12.8. The van der Waals surface area contributed by atoms with Crippen molar-refractivity contribution in [1.29, 1.82) is 0 Å². The van der Waals surface area contributed by atoms with Crippen LogP contribution in [0.15, 0.2) is 53.0 Å². The highest BCUT2D eigenvalue weighted by Gasteiger charge is 2.05. The summed E-state index contributed by atoms with van der Waals surface area (Å²) in [7, 11) is 0. The molecule has 0 unspecified atom stereocenters. The maximum Gasteiger partial charge on any atom is 0.206 e. The Morgan fingerprint density at radius 3 is 2.74 bits per heavy atom. The second-order valence-corrected chi connectivity index (χ2v) is 7.09. The fraction of sp³-hybridized carbons (Fsp3) is 0.188. The molecule has 23 heavy (non-hydrogen) atoms. The van der Waals surface area contributed by atoms with Gasteiger partial charge in [-0.25, -0.2) is 4.39 Å². The Labute approximate surface area is 142 Å². The molecule has 118 valence electrons. The number of anilines is 1. The highest BCUT2D eigenvalue weighted by molar-refractivity contribution is 8.01. The van der Waals surface area contributed by atoms with Gasteiger partial charge in [0.05, 0.1) is 0 Å². The van der Waals surface area contributed by atoms with E-state index in [4.69, 9.17) is 0 Å². The lowest BCUT2D eigenvalue weighted by molar-refractivity contribution is 0.627. The predicted octanol–water partition coefficient (Wildman–Crippen LogP) is 4.02. The molecular formula is C16H15FN4S2. The van der Waals surface area contributed by atoms with E-state index < -0.39 is 0 Å². The number of nitrogens with one attached hydrogen (secondary N) is 1. The van der Waals surface area contributed by atoms with E-state index in [-0.39, 0.29) is 5.82 Å². The summed E-state index contributed by atoms with van der Waals surface area (Å²) >= 11 is 3.20. The average Bonchev–Trinajstić information content (AvgIpc) is 3.03. The highest BCUT2D eigenvalue weighted by Crippen LogP contribution is 2.26. The van der Waals surface area contributed by atoms with Crippen molar-refractivity contribution in [3.05, 3.63) is 65.7 Å². The first kappa shape index (κ1) is 15.9. The number of pyridine rings is 1. The summed E-state index contributed by atoms with van der Waals surface area (Å²) < 4.78 is 13.8. The molecule has 0 atom stereocenters. The van der Waals surface area contributed by atoms with E-state index >= 15 is 0 Å². The van der Waals surface area contributed by atoms with Gasteiger partial charge < -0.3 is 5.32 Å². The van der Waals surface area contributed by atoms with Crippen molar-refractivity contribution < 1.29 is 4.39 Å². The Morgan fingerprint density at radius 1 is 1.09 bits per heavy atom. The molecule has 1 aromatic carbocycles. The van der Waals surface area contributed by atoms with Gasteiger partial charge in [-0.15, -0.1) is 10.2 Å².